The Hall–Kier alpha value is -1.09. The molecule has 1 heterocycles. The maximum Gasteiger partial charge on any atom is 0.128 e. The molecule has 1 aliphatic rings. The number of hydrogen-bond donors (Lipinski definition) is 2. The standard InChI is InChI=1S/C11H17N3/c12-10(7-8-3-1-4-8)9-5-2-6-14-11(9)13/h2,5-6,8,10H,1,3-4,7,12H2,(H2,13,14). The van der Waals surface area contributed by atoms with E-state index in [0.717, 1.165) is 17.9 Å². The fourth-order valence-electron chi connectivity index (χ4n) is 1.96. The third-order valence-electron chi connectivity index (χ3n) is 3.08. The summed E-state index contributed by atoms with van der Waals surface area (Å²) in [7, 11) is 0. The highest BCUT2D eigenvalue weighted by atomic mass is 14.8. The summed E-state index contributed by atoms with van der Waals surface area (Å²) in [6, 6.07) is 3.94. The van der Waals surface area contributed by atoms with Crippen molar-refractivity contribution in [2.45, 2.75) is 31.7 Å². The Balaban J connectivity index is 2.02. The number of aromatic nitrogens is 1. The van der Waals surface area contributed by atoms with Crippen LogP contribution in [0.1, 0.15) is 37.3 Å². The van der Waals surface area contributed by atoms with Crippen LogP contribution in [-0.2, 0) is 0 Å². The summed E-state index contributed by atoms with van der Waals surface area (Å²) in [5, 5.41) is 0. The molecule has 1 aromatic rings. The van der Waals surface area contributed by atoms with E-state index in [1.807, 2.05) is 12.1 Å². The lowest BCUT2D eigenvalue weighted by Crippen LogP contribution is -2.21. The van der Waals surface area contributed by atoms with E-state index in [0.29, 0.717) is 5.82 Å². The number of nitrogens with zero attached hydrogens (tertiary/aromatic N) is 1. The molecule has 1 unspecified atom stereocenters. The van der Waals surface area contributed by atoms with Crippen LogP contribution in [0.2, 0.25) is 0 Å². The van der Waals surface area contributed by atoms with E-state index in [1.165, 1.54) is 19.3 Å². The van der Waals surface area contributed by atoms with Crippen LogP contribution in [0.4, 0.5) is 5.82 Å². The zero-order valence-electron chi connectivity index (χ0n) is 8.32. The lowest BCUT2D eigenvalue weighted by Gasteiger charge is -2.28. The molecule has 0 amide bonds. The first kappa shape index (κ1) is 9.46. The fourth-order valence-corrected chi connectivity index (χ4v) is 1.96. The summed E-state index contributed by atoms with van der Waals surface area (Å²) in [6.07, 6.45) is 6.77. The summed E-state index contributed by atoms with van der Waals surface area (Å²) in [5.74, 6) is 1.39. The smallest absolute Gasteiger partial charge is 0.128 e. The zero-order chi connectivity index (χ0) is 9.97. The SMILES string of the molecule is Nc1ncccc1C(N)CC1CCC1. The van der Waals surface area contributed by atoms with E-state index < -0.39 is 0 Å². The van der Waals surface area contributed by atoms with E-state index >= 15 is 0 Å². The first-order chi connectivity index (χ1) is 6.77. The van der Waals surface area contributed by atoms with Crippen LogP contribution >= 0.6 is 0 Å². The molecule has 0 spiro atoms. The average Bonchev–Trinajstić information content (AvgIpc) is 2.12. The van der Waals surface area contributed by atoms with Gasteiger partial charge in [-0.25, -0.2) is 4.98 Å². The highest BCUT2D eigenvalue weighted by molar-refractivity contribution is 5.40. The predicted octanol–water partition coefficient (Wildman–Crippen LogP) is 1.85. The van der Waals surface area contributed by atoms with Gasteiger partial charge in [-0.2, -0.15) is 0 Å². The Bertz CT molecular complexity index is 307. The van der Waals surface area contributed by atoms with Gasteiger partial charge < -0.3 is 11.5 Å². The number of pyridine rings is 1. The molecule has 76 valence electrons. The second-order valence-electron chi connectivity index (χ2n) is 4.12. The molecule has 1 aliphatic carbocycles. The Morgan fingerprint density at radius 1 is 1.50 bits per heavy atom. The van der Waals surface area contributed by atoms with Gasteiger partial charge in [0, 0.05) is 17.8 Å². The van der Waals surface area contributed by atoms with Crippen molar-refractivity contribution in [2.24, 2.45) is 11.7 Å². The number of anilines is 1. The van der Waals surface area contributed by atoms with E-state index in [9.17, 15) is 0 Å². The molecule has 1 aromatic heterocycles. The van der Waals surface area contributed by atoms with E-state index in [4.69, 9.17) is 11.5 Å². The van der Waals surface area contributed by atoms with Crippen LogP contribution in [0.25, 0.3) is 0 Å². The summed E-state index contributed by atoms with van der Waals surface area (Å²) < 4.78 is 0. The Labute approximate surface area is 84.5 Å². The molecule has 14 heavy (non-hydrogen) atoms. The largest absolute Gasteiger partial charge is 0.383 e. The molecule has 1 saturated carbocycles. The van der Waals surface area contributed by atoms with Gasteiger partial charge in [0.25, 0.3) is 0 Å². The molecule has 0 bridgehead atoms. The molecule has 3 heteroatoms. The molecule has 2 rings (SSSR count). The van der Waals surface area contributed by atoms with Gasteiger partial charge in [0.2, 0.25) is 0 Å². The van der Waals surface area contributed by atoms with Crippen molar-refractivity contribution in [3.63, 3.8) is 0 Å². The summed E-state index contributed by atoms with van der Waals surface area (Å²) in [4.78, 5) is 4.05. The molecule has 0 saturated heterocycles. The monoisotopic (exact) mass is 191 g/mol. The van der Waals surface area contributed by atoms with Crippen LogP contribution in [0, 0.1) is 5.92 Å². The van der Waals surface area contributed by atoms with Crippen molar-refractivity contribution in [3.8, 4) is 0 Å². The van der Waals surface area contributed by atoms with Crippen molar-refractivity contribution in [1.82, 2.24) is 4.98 Å². The van der Waals surface area contributed by atoms with E-state index in [-0.39, 0.29) is 6.04 Å². The first-order valence-electron chi connectivity index (χ1n) is 5.23. The highest BCUT2D eigenvalue weighted by Crippen LogP contribution is 2.34. The van der Waals surface area contributed by atoms with Crippen molar-refractivity contribution >= 4 is 5.82 Å². The molecule has 1 atom stereocenters. The van der Waals surface area contributed by atoms with Gasteiger partial charge in [-0.3, -0.25) is 0 Å². The Morgan fingerprint density at radius 2 is 2.29 bits per heavy atom. The summed E-state index contributed by atoms with van der Waals surface area (Å²) >= 11 is 0. The van der Waals surface area contributed by atoms with Gasteiger partial charge in [-0.05, 0) is 18.4 Å². The maximum atomic E-state index is 6.09. The quantitative estimate of drug-likeness (QED) is 0.766. The third kappa shape index (κ3) is 1.87. The molecule has 4 N–H and O–H groups in total. The van der Waals surface area contributed by atoms with Gasteiger partial charge in [-0.1, -0.05) is 25.3 Å². The molecular formula is C11H17N3. The van der Waals surface area contributed by atoms with Crippen molar-refractivity contribution in [2.75, 3.05) is 5.73 Å². The van der Waals surface area contributed by atoms with Crippen LogP contribution in [0.15, 0.2) is 18.3 Å². The molecule has 3 nitrogen and oxygen atoms in total. The molecule has 0 aromatic carbocycles. The minimum atomic E-state index is 0.0639. The van der Waals surface area contributed by atoms with Crippen molar-refractivity contribution < 1.29 is 0 Å². The molecular weight excluding hydrogens is 174 g/mol. The number of nitrogen functional groups attached to an aromatic ring is 1. The molecule has 0 aliphatic heterocycles. The fraction of sp³-hybridized carbons (Fsp3) is 0.545. The minimum Gasteiger partial charge on any atom is -0.383 e. The maximum absolute atomic E-state index is 6.09. The minimum absolute atomic E-state index is 0.0639. The van der Waals surface area contributed by atoms with Crippen LogP contribution < -0.4 is 11.5 Å². The number of rotatable bonds is 3. The van der Waals surface area contributed by atoms with Gasteiger partial charge in [0.15, 0.2) is 0 Å². The van der Waals surface area contributed by atoms with Gasteiger partial charge >= 0.3 is 0 Å². The van der Waals surface area contributed by atoms with Gasteiger partial charge in [-0.15, -0.1) is 0 Å². The lowest BCUT2D eigenvalue weighted by molar-refractivity contribution is 0.277. The Morgan fingerprint density at radius 3 is 2.86 bits per heavy atom. The van der Waals surface area contributed by atoms with E-state index in [2.05, 4.69) is 4.98 Å². The lowest BCUT2D eigenvalue weighted by atomic mass is 9.80. The van der Waals surface area contributed by atoms with Crippen molar-refractivity contribution in [3.05, 3.63) is 23.9 Å². The van der Waals surface area contributed by atoms with Crippen LogP contribution in [0.3, 0.4) is 0 Å². The molecule has 0 radical (unpaired) electrons. The Kier molecular flexibility index (Phi) is 2.68. The van der Waals surface area contributed by atoms with Gasteiger partial charge in [0.1, 0.15) is 5.82 Å². The summed E-state index contributed by atoms with van der Waals surface area (Å²) in [5.41, 5.74) is 12.9. The molecule has 1 fully saturated rings. The number of hydrogen-bond acceptors (Lipinski definition) is 3. The number of nitrogens with two attached hydrogens (primary N) is 2. The second kappa shape index (κ2) is 3.96. The van der Waals surface area contributed by atoms with Crippen LogP contribution in [0.5, 0.6) is 0 Å². The second-order valence-corrected chi connectivity index (χ2v) is 4.12. The first-order valence-corrected chi connectivity index (χ1v) is 5.23. The van der Waals surface area contributed by atoms with Crippen LogP contribution in [-0.4, -0.2) is 4.98 Å². The third-order valence-corrected chi connectivity index (χ3v) is 3.08. The zero-order valence-corrected chi connectivity index (χ0v) is 8.32. The normalized spacial score (nSPS) is 18.9. The topological polar surface area (TPSA) is 64.9 Å². The predicted molar refractivity (Wildman–Crippen MR) is 57.5 cm³/mol. The summed E-state index contributed by atoms with van der Waals surface area (Å²) in [6.45, 7) is 0. The highest BCUT2D eigenvalue weighted by Gasteiger charge is 2.21. The van der Waals surface area contributed by atoms with Crippen molar-refractivity contribution in [1.29, 1.82) is 0 Å². The van der Waals surface area contributed by atoms with Gasteiger partial charge in [0.05, 0.1) is 0 Å². The average molecular weight is 191 g/mol. The van der Waals surface area contributed by atoms with E-state index in [1.54, 1.807) is 6.20 Å².